The highest BCUT2D eigenvalue weighted by atomic mass is 32.5. The first-order chi connectivity index (χ1) is 15.7. The number of benzene rings is 2. The first-order valence-electron chi connectivity index (χ1n) is 11.8. The molecule has 0 bridgehead atoms. The van der Waals surface area contributed by atoms with E-state index in [0.29, 0.717) is 6.42 Å². The summed E-state index contributed by atoms with van der Waals surface area (Å²) in [5.74, 6) is 0. The predicted molar refractivity (Wildman–Crippen MR) is 135 cm³/mol. The van der Waals surface area contributed by atoms with E-state index in [1.807, 2.05) is 36.4 Å². The van der Waals surface area contributed by atoms with Crippen molar-refractivity contribution in [3.8, 4) is 0 Å². The molecule has 0 spiro atoms. The van der Waals surface area contributed by atoms with Gasteiger partial charge in [0.25, 0.3) is 6.49 Å². The van der Waals surface area contributed by atoms with Crippen LogP contribution in [0, 0.1) is 0 Å². The van der Waals surface area contributed by atoms with Crippen molar-refractivity contribution in [1.82, 2.24) is 0 Å². The molecule has 1 atom stereocenters. The van der Waals surface area contributed by atoms with Crippen LogP contribution in [0.5, 0.6) is 0 Å². The Hall–Kier alpha value is -1.17. The van der Waals surface area contributed by atoms with Crippen LogP contribution in [-0.2, 0) is 34.1 Å². The molecule has 184 valence electrons. The van der Waals surface area contributed by atoms with Crippen LogP contribution in [0.3, 0.4) is 0 Å². The minimum Gasteiger partial charge on any atom is -0.383 e. The molecular weight excluding hydrogens is 461 g/mol. The molecule has 1 N–H and O–H groups in total. The van der Waals surface area contributed by atoms with E-state index in [1.165, 1.54) is 6.42 Å². The average molecular weight is 499 g/mol. The van der Waals surface area contributed by atoms with E-state index in [1.54, 1.807) is 24.3 Å². The fourth-order valence-corrected chi connectivity index (χ4v) is 6.18. The van der Waals surface area contributed by atoms with E-state index in [9.17, 15) is 5.11 Å². The third-order valence-electron chi connectivity index (χ3n) is 5.75. The van der Waals surface area contributed by atoms with Crippen LogP contribution in [0.1, 0.15) is 76.3 Å². The zero-order valence-corrected chi connectivity index (χ0v) is 21.4. The van der Waals surface area contributed by atoms with Gasteiger partial charge >= 0.3 is 5.66 Å². The van der Waals surface area contributed by atoms with E-state index < -0.39 is 17.8 Å². The molecular formula is C26H37F2O3PS. The van der Waals surface area contributed by atoms with Crippen LogP contribution in [0.4, 0.5) is 8.78 Å². The summed E-state index contributed by atoms with van der Waals surface area (Å²) in [6, 6.07) is 18.0. The highest BCUT2D eigenvalue weighted by Crippen LogP contribution is 2.67. The third kappa shape index (κ3) is 8.52. The van der Waals surface area contributed by atoms with Crippen LogP contribution in [0.15, 0.2) is 60.7 Å². The lowest BCUT2D eigenvalue weighted by Crippen LogP contribution is -2.46. The quantitative estimate of drug-likeness (QED) is 0.187. The molecule has 0 fully saturated rings. The van der Waals surface area contributed by atoms with Crippen molar-refractivity contribution in [2.75, 3.05) is 0 Å². The number of rotatable bonds is 16. The van der Waals surface area contributed by atoms with Gasteiger partial charge in [-0.3, -0.25) is 0 Å². The lowest BCUT2D eigenvalue weighted by Gasteiger charge is -2.39. The molecule has 1 unspecified atom stereocenters. The molecule has 7 heteroatoms. The molecule has 0 aliphatic heterocycles. The molecule has 0 aliphatic rings. The van der Waals surface area contributed by atoms with Gasteiger partial charge in [0.05, 0.1) is 13.2 Å². The van der Waals surface area contributed by atoms with E-state index >= 15 is 8.78 Å². The minimum atomic E-state index is -4.20. The highest BCUT2D eigenvalue weighted by molar-refractivity contribution is 8.10. The van der Waals surface area contributed by atoms with Crippen LogP contribution in [0.2, 0.25) is 0 Å². The zero-order valence-electron chi connectivity index (χ0n) is 19.7. The maximum Gasteiger partial charge on any atom is 0.348 e. The van der Waals surface area contributed by atoms with Crippen LogP contribution < -0.4 is 0 Å². The Balaban J connectivity index is 2.09. The molecule has 2 aromatic carbocycles. The van der Waals surface area contributed by atoms with Crippen molar-refractivity contribution in [3.05, 3.63) is 71.8 Å². The van der Waals surface area contributed by atoms with Gasteiger partial charge in [-0.25, -0.2) is 0 Å². The Bertz CT molecular complexity index is 800. The molecule has 0 saturated carbocycles. The van der Waals surface area contributed by atoms with E-state index in [-0.39, 0.29) is 19.6 Å². The third-order valence-corrected chi connectivity index (χ3v) is 9.18. The van der Waals surface area contributed by atoms with Gasteiger partial charge in [0.15, 0.2) is 0 Å². The number of hydrogen-bond donors (Lipinski definition) is 1. The molecule has 33 heavy (non-hydrogen) atoms. The molecule has 0 heterocycles. The first-order valence-corrected chi connectivity index (χ1v) is 14.4. The van der Waals surface area contributed by atoms with Crippen LogP contribution in [-0.4, -0.2) is 16.4 Å². The van der Waals surface area contributed by atoms with Crippen molar-refractivity contribution in [2.24, 2.45) is 0 Å². The maximum absolute atomic E-state index is 15.8. The average Bonchev–Trinajstić information content (AvgIpc) is 2.82. The van der Waals surface area contributed by atoms with Crippen molar-refractivity contribution in [3.63, 3.8) is 0 Å². The predicted octanol–water partition coefficient (Wildman–Crippen LogP) is 8.21. The van der Waals surface area contributed by atoms with E-state index in [0.717, 1.165) is 50.2 Å². The molecule has 0 aliphatic carbocycles. The smallest absolute Gasteiger partial charge is 0.348 e. The first kappa shape index (κ1) is 28.1. The SMILES string of the molecule is CCCCCCCCCC(C)(O)C(F)(F)P(=S)(OCc1ccccc1)OCc1ccccc1. The number of hydrogen-bond acceptors (Lipinski definition) is 4. The Morgan fingerprint density at radius 1 is 0.788 bits per heavy atom. The van der Waals surface area contributed by atoms with Crippen molar-refractivity contribution < 1.29 is 22.9 Å². The minimum absolute atomic E-state index is 0.0600. The van der Waals surface area contributed by atoms with Crippen molar-refractivity contribution in [2.45, 2.75) is 89.7 Å². The second-order valence-electron chi connectivity index (χ2n) is 8.70. The Kier molecular flexibility index (Phi) is 11.6. The summed E-state index contributed by atoms with van der Waals surface area (Å²) < 4.78 is 42.9. The largest absolute Gasteiger partial charge is 0.383 e. The van der Waals surface area contributed by atoms with Gasteiger partial charge in [-0.05, 0) is 36.3 Å². The molecule has 0 aromatic heterocycles. The van der Waals surface area contributed by atoms with Gasteiger partial charge in [-0.2, -0.15) is 8.78 Å². The molecule has 0 saturated heterocycles. The van der Waals surface area contributed by atoms with Gasteiger partial charge in [-0.15, -0.1) is 0 Å². The normalized spacial score (nSPS) is 14.2. The highest BCUT2D eigenvalue weighted by Gasteiger charge is 2.61. The second kappa shape index (κ2) is 13.7. The van der Waals surface area contributed by atoms with Crippen LogP contribution >= 0.6 is 6.49 Å². The van der Waals surface area contributed by atoms with Gasteiger partial charge in [0.2, 0.25) is 0 Å². The molecule has 2 rings (SSSR count). The summed E-state index contributed by atoms with van der Waals surface area (Å²) in [6.07, 6.45) is 6.82. The Morgan fingerprint density at radius 2 is 1.21 bits per heavy atom. The summed E-state index contributed by atoms with van der Waals surface area (Å²) in [5, 5.41) is 10.9. The Labute approximate surface area is 202 Å². The van der Waals surface area contributed by atoms with Crippen molar-refractivity contribution in [1.29, 1.82) is 0 Å². The fourth-order valence-electron chi connectivity index (χ4n) is 3.54. The van der Waals surface area contributed by atoms with Gasteiger partial charge < -0.3 is 14.2 Å². The number of unbranched alkanes of at least 4 members (excludes halogenated alkanes) is 6. The summed E-state index contributed by atoms with van der Waals surface area (Å²) in [6.45, 7) is -1.09. The summed E-state index contributed by atoms with van der Waals surface area (Å²) in [5.41, 5.74) is -4.59. The Morgan fingerprint density at radius 3 is 1.67 bits per heavy atom. The van der Waals surface area contributed by atoms with Gasteiger partial charge in [0.1, 0.15) is 5.60 Å². The molecule has 2 aromatic rings. The molecule has 3 nitrogen and oxygen atoms in total. The maximum atomic E-state index is 15.8. The van der Waals surface area contributed by atoms with Gasteiger partial charge in [-0.1, -0.05) is 113 Å². The topological polar surface area (TPSA) is 38.7 Å². The number of aliphatic hydroxyl groups is 1. The van der Waals surface area contributed by atoms with E-state index in [2.05, 4.69) is 6.92 Å². The van der Waals surface area contributed by atoms with E-state index in [4.69, 9.17) is 20.9 Å². The number of halogens is 2. The molecule has 0 amide bonds. The van der Waals surface area contributed by atoms with Gasteiger partial charge in [0, 0.05) is 0 Å². The standard InChI is InChI=1S/C26H37F2O3PS/c1-3-4-5-6-7-8-15-20-25(2,29)26(27,28)32(33,30-21-23-16-11-9-12-17-23)31-22-24-18-13-10-14-19-24/h9-14,16-19,29H,3-8,15,20-22H2,1-2H3. The van der Waals surface area contributed by atoms with Crippen molar-refractivity contribution >= 4 is 18.3 Å². The van der Waals surface area contributed by atoms with Crippen LogP contribution in [0.25, 0.3) is 0 Å². The molecule has 0 radical (unpaired) electrons. The summed E-state index contributed by atoms with van der Waals surface area (Å²) in [7, 11) is 0. The summed E-state index contributed by atoms with van der Waals surface area (Å²) >= 11 is 5.39. The lowest BCUT2D eigenvalue weighted by molar-refractivity contribution is -0.131. The zero-order chi connectivity index (χ0) is 24.2. The fraction of sp³-hybridized carbons (Fsp3) is 0.538. The lowest BCUT2D eigenvalue weighted by atomic mass is 9.97. The summed E-state index contributed by atoms with van der Waals surface area (Å²) in [4.78, 5) is 0. The monoisotopic (exact) mass is 498 g/mol. The number of alkyl halides is 2. The second-order valence-corrected chi connectivity index (χ2v) is 12.2.